The maximum atomic E-state index is 10.8. The Hall–Kier alpha value is -2.26. The molecule has 0 saturated carbocycles. The molecule has 6 nitrogen and oxygen atoms in total. The van der Waals surface area contributed by atoms with E-state index in [-0.39, 0.29) is 29.4 Å². The van der Waals surface area contributed by atoms with Crippen molar-refractivity contribution in [2.45, 2.75) is 6.61 Å². The first-order valence-corrected chi connectivity index (χ1v) is 4.66. The number of rotatable bonds is 5. The van der Waals surface area contributed by atoms with Crippen molar-refractivity contribution in [2.75, 3.05) is 13.7 Å². The van der Waals surface area contributed by atoms with E-state index in [2.05, 4.69) is 5.92 Å². The molecule has 0 saturated heterocycles. The van der Waals surface area contributed by atoms with Crippen molar-refractivity contribution < 1.29 is 19.5 Å². The Bertz CT molecular complexity index is 464. The quantitative estimate of drug-likeness (QED) is 0.471. The standard InChI is InChI=1S/C11H11NO5/c1-3-4-17-11-6-9(12(14)15)8(7-13)5-10(11)16-2/h1,5-6,13H,4,7H2,2H3. The highest BCUT2D eigenvalue weighted by molar-refractivity contribution is 5.54. The van der Waals surface area contributed by atoms with Gasteiger partial charge in [-0.15, -0.1) is 6.42 Å². The van der Waals surface area contributed by atoms with Crippen LogP contribution in [0.1, 0.15) is 5.56 Å². The fourth-order valence-corrected chi connectivity index (χ4v) is 1.28. The number of methoxy groups -OCH3 is 1. The zero-order chi connectivity index (χ0) is 12.8. The van der Waals surface area contributed by atoms with E-state index in [1.165, 1.54) is 19.2 Å². The van der Waals surface area contributed by atoms with E-state index in [4.69, 9.17) is 21.0 Å². The third kappa shape index (κ3) is 2.86. The van der Waals surface area contributed by atoms with Gasteiger partial charge in [-0.25, -0.2) is 0 Å². The Morgan fingerprint density at radius 2 is 2.24 bits per heavy atom. The molecule has 0 fully saturated rings. The van der Waals surface area contributed by atoms with Gasteiger partial charge in [0.05, 0.1) is 30.3 Å². The molecule has 6 heteroatoms. The van der Waals surface area contributed by atoms with E-state index in [1.54, 1.807) is 0 Å². The zero-order valence-corrected chi connectivity index (χ0v) is 9.17. The summed E-state index contributed by atoms with van der Waals surface area (Å²) in [6.45, 7) is -0.478. The molecular formula is C11H11NO5. The van der Waals surface area contributed by atoms with Gasteiger partial charge in [0.1, 0.15) is 6.61 Å². The van der Waals surface area contributed by atoms with Crippen LogP contribution >= 0.6 is 0 Å². The van der Waals surface area contributed by atoms with E-state index in [1.807, 2.05) is 0 Å². The van der Waals surface area contributed by atoms with Crippen molar-refractivity contribution in [3.8, 4) is 23.8 Å². The Labute approximate surface area is 97.9 Å². The molecule has 0 aliphatic heterocycles. The van der Waals surface area contributed by atoms with Crippen LogP contribution in [0.25, 0.3) is 0 Å². The fraction of sp³-hybridized carbons (Fsp3) is 0.273. The molecule has 0 spiro atoms. The van der Waals surface area contributed by atoms with Gasteiger partial charge in [-0.05, 0) is 6.07 Å². The normalized spacial score (nSPS) is 9.47. The molecule has 0 heterocycles. The van der Waals surface area contributed by atoms with Crippen molar-refractivity contribution in [3.63, 3.8) is 0 Å². The molecule has 1 aromatic carbocycles. The topological polar surface area (TPSA) is 81.8 Å². The second-order valence-electron chi connectivity index (χ2n) is 3.04. The first-order chi connectivity index (χ1) is 8.13. The molecule has 0 aromatic heterocycles. The number of aliphatic hydroxyl groups is 1. The molecule has 0 aliphatic carbocycles. The molecule has 1 aromatic rings. The minimum Gasteiger partial charge on any atom is -0.493 e. The number of hydrogen-bond donors (Lipinski definition) is 1. The molecule has 0 unspecified atom stereocenters. The Balaban J connectivity index is 3.24. The molecular weight excluding hydrogens is 226 g/mol. The minimum atomic E-state index is -0.603. The van der Waals surface area contributed by atoms with Crippen LogP contribution in [0.5, 0.6) is 11.5 Å². The number of nitro benzene ring substituents is 1. The number of nitro groups is 1. The number of aliphatic hydroxyl groups excluding tert-OH is 1. The van der Waals surface area contributed by atoms with Crippen LogP contribution < -0.4 is 9.47 Å². The van der Waals surface area contributed by atoms with Gasteiger partial charge in [-0.1, -0.05) is 5.92 Å². The summed E-state index contributed by atoms with van der Waals surface area (Å²) >= 11 is 0. The van der Waals surface area contributed by atoms with Gasteiger partial charge in [-0.2, -0.15) is 0 Å². The maximum Gasteiger partial charge on any atom is 0.278 e. The molecule has 0 atom stereocenters. The summed E-state index contributed by atoms with van der Waals surface area (Å²) in [5.74, 6) is 2.71. The third-order valence-corrected chi connectivity index (χ3v) is 2.04. The van der Waals surface area contributed by atoms with E-state index < -0.39 is 11.5 Å². The maximum absolute atomic E-state index is 10.8. The average molecular weight is 237 g/mol. The highest BCUT2D eigenvalue weighted by Gasteiger charge is 2.18. The molecule has 0 bridgehead atoms. The Kier molecular flexibility index (Phi) is 4.31. The molecule has 0 aliphatic rings. The van der Waals surface area contributed by atoms with Crippen molar-refractivity contribution in [1.82, 2.24) is 0 Å². The number of benzene rings is 1. The Morgan fingerprint density at radius 1 is 1.53 bits per heavy atom. The lowest BCUT2D eigenvalue weighted by atomic mass is 10.1. The van der Waals surface area contributed by atoms with Gasteiger partial charge >= 0.3 is 0 Å². The second kappa shape index (κ2) is 5.72. The number of terminal acetylenes is 1. The van der Waals surface area contributed by atoms with E-state index >= 15 is 0 Å². The molecule has 0 amide bonds. The first-order valence-electron chi connectivity index (χ1n) is 4.66. The molecule has 1 rings (SSSR count). The van der Waals surface area contributed by atoms with Gasteiger partial charge < -0.3 is 14.6 Å². The van der Waals surface area contributed by atoms with Gasteiger partial charge in [0.25, 0.3) is 5.69 Å². The lowest BCUT2D eigenvalue weighted by Crippen LogP contribution is -2.01. The highest BCUT2D eigenvalue weighted by Crippen LogP contribution is 2.34. The molecule has 1 N–H and O–H groups in total. The predicted molar refractivity (Wildman–Crippen MR) is 59.9 cm³/mol. The van der Waals surface area contributed by atoms with Gasteiger partial charge in [-0.3, -0.25) is 10.1 Å². The zero-order valence-electron chi connectivity index (χ0n) is 9.17. The van der Waals surface area contributed by atoms with Gasteiger partial charge in [0.15, 0.2) is 11.5 Å². The summed E-state index contributed by atoms with van der Waals surface area (Å²) in [6, 6.07) is 2.53. The SMILES string of the molecule is C#CCOc1cc([N+](=O)[O-])c(CO)cc1OC. The van der Waals surface area contributed by atoms with Crippen molar-refractivity contribution >= 4 is 5.69 Å². The summed E-state index contributed by atoms with van der Waals surface area (Å²) in [4.78, 5) is 10.2. The lowest BCUT2D eigenvalue weighted by molar-refractivity contribution is -0.385. The predicted octanol–water partition coefficient (Wildman–Crippen LogP) is 1.11. The first kappa shape index (κ1) is 12.8. The van der Waals surface area contributed by atoms with Crippen LogP contribution in [0.4, 0.5) is 5.69 Å². The number of hydrogen-bond acceptors (Lipinski definition) is 5. The van der Waals surface area contributed by atoms with E-state index in [9.17, 15) is 10.1 Å². The van der Waals surface area contributed by atoms with Crippen LogP contribution in [0.2, 0.25) is 0 Å². The van der Waals surface area contributed by atoms with E-state index in [0.29, 0.717) is 0 Å². The molecule has 90 valence electrons. The third-order valence-electron chi connectivity index (χ3n) is 2.04. The summed E-state index contributed by atoms with van der Waals surface area (Å²) in [5, 5.41) is 19.8. The summed E-state index contributed by atoms with van der Waals surface area (Å²) in [7, 11) is 1.39. The molecule has 0 radical (unpaired) electrons. The Morgan fingerprint density at radius 3 is 2.71 bits per heavy atom. The second-order valence-corrected chi connectivity index (χ2v) is 3.04. The number of nitrogens with zero attached hydrogens (tertiary/aromatic N) is 1. The van der Waals surface area contributed by atoms with Crippen molar-refractivity contribution in [3.05, 3.63) is 27.8 Å². The largest absolute Gasteiger partial charge is 0.493 e. The van der Waals surface area contributed by atoms with Gasteiger partial charge in [0.2, 0.25) is 0 Å². The lowest BCUT2D eigenvalue weighted by Gasteiger charge is -2.10. The summed E-state index contributed by atoms with van der Waals surface area (Å²) < 4.78 is 10.1. The van der Waals surface area contributed by atoms with E-state index in [0.717, 1.165) is 0 Å². The number of ether oxygens (including phenoxy) is 2. The monoisotopic (exact) mass is 237 g/mol. The van der Waals surface area contributed by atoms with Crippen LogP contribution in [-0.4, -0.2) is 23.7 Å². The summed E-state index contributed by atoms with van der Waals surface area (Å²) in [5.41, 5.74) is -0.0831. The smallest absolute Gasteiger partial charge is 0.278 e. The van der Waals surface area contributed by atoms with Crippen LogP contribution in [0, 0.1) is 22.5 Å². The minimum absolute atomic E-state index is 0.0218. The van der Waals surface area contributed by atoms with Crippen molar-refractivity contribution in [1.29, 1.82) is 0 Å². The van der Waals surface area contributed by atoms with Crippen LogP contribution in [-0.2, 0) is 6.61 Å². The summed E-state index contributed by atoms with van der Waals surface area (Å²) in [6.07, 6.45) is 5.03. The average Bonchev–Trinajstić information content (AvgIpc) is 2.34. The molecule has 17 heavy (non-hydrogen) atoms. The van der Waals surface area contributed by atoms with Crippen molar-refractivity contribution in [2.24, 2.45) is 0 Å². The van der Waals surface area contributed by atoms with Gasteiger partial charge in [0, 0.05) is 0 Å². The fourth-order valence-electron chi connectivity index (χ4n) is 1.28. The van der Waals surface area contributed by atoms with Crippen LogP contribution in [0.15, 0.2) is 12.1 Å². The van der Waals surface area contributed by atoms with Crippen LogP contribution in [0.3, 0.4) is 0 Å². The highest BCUT2D eigenvalue weighted by atomic mass is 16.6.